The van der Waals surface area contributed by atoms with Crippen LogP contribution in [-0.2, 0) is 5.41 Å². The van der Waals surface area contributed by atoms with Gasteiger partial charge in [-0.05, 0) is 46.5 Å². The Labute approximate surface area is 169 Å². The molecule has 1 aliphatic carbocycles. The highest BCUT2D eigenvalue weighted by atomic mass is 16.5. The van der Waals surface area contributed by atoms with E-state index in [1.54, 1.807) is 0 Å². The van der Waals surface area contributed by atoms with Crippen LogP contribution in [0.15, 0.2) is 91.0 Å². The fourth-order valence-corrected chi connectivity index (χ4v) is 4.97. The molecule has 0 amide bonds. The average molecular weight is 375 g/mol. The van der Waals surface area contributed by atoms with E-state index in [1.807, 2.05) is 36.4 Å². The van der Waals surface area contributed by atoms with Gasteiger partial charge in [0.1, 0.15) is 17.2 Å². The molecule has 1 radical (unpaired) electrons. The van der Waals surface area contributed by atoms with Crippen molar-refractivity contribution in [1.29, 1.82) is 0 Å². The Morgan fingerprint density at radius 1 is 0.655 bits per heavy atom. The fraction of sp³-hybridized carbons (Fsp3) is 0.0400. The van der Waals surface area contributed by atoms with E-state index in [2.05, 4.69) is 54.6 Å². The van der Waals surface area contributed by atoms with Crippen molar-refractivity contribution in [1.82, 2.24) is 0 Å². The van der Waals surface area contributed by atoms with Gasteiger partial charge in [0.25, 0.3) is 0 Å². The molecule has 1 heterocycles. The van der Waals surface area contributed by atoms with E-state index < -0.39 is 5.41 Å². The van der Waals surface area contributed by atoms with Gasteiger partial charge in [-0.15, -0.1) is 0 Å². The van der Waals surface area contributed by atoms with Crippen LogP contribution in [0.1, 0.15) is 22.3 Å². The average Bonchev–Trinajstić information content (AvgIpc) is 3.05. The smallest absolute Gasteiger partial charge is 0.537 e. The molecular weight excluding hydrogens is 359 g/mol. The Kier molecular flexibility index (Phi) is 3.40. The van der Waals surface area contributed by atoms with Crippen LogP contribution in [0, 0.1) is 0 Å². The Morgan fingerprint density at radius 3 is 1.93 bits per heavy atom. The SMILES string of the molecule is O[B]Oc1ccc2c(c1)C1(c3ccccc3Oc3ccccc31)c1ccccc1-2. The lowest BCUT2D eigenvalue weighted by molar-refractivity contribution is 0.434. The van der Waals surface area contributed by atoms with E-state index >= 15 is 0 Å². The number of para-hydroxylation sites is 2. The molecule has 1 N–H and O–H groups in total. The minimum Gasteiger partial charge on any atom is -0.537 e. The number of hydrogen-bond acceptors (Lipinski definition) is 3. The third kappa shape index (κ3) is 2.07. The number of rotatable bonds is 2. The van der Waals surface area contributed by atoms with E-state index in [-0.39, 0.29) is 0 Å². The van der Waals surface area contributed by atoms with Crippen LogP contribution in [0.3, 0.4) is 0 Å². The molecule has 0 atom stereocenters. The summed E-state index contributed by atoms with van der Waals surface area (Å²) in [7, 11) is 0.725. The molecule has 1 spiro atoms. The number of benzene rings is 4. The Morgan fingerprint density at radius 2 is 1.24 bits per heavy atom. The van der Waals surface area contributed by atoms with Crippen LogP contribution in [0.25, 0.3) is 11.1 Å². The monoisotopic (exact) mass is 375 g/mol. The first-order chi connectivity index (χ1) is 14.3. The third-order valence-corrected chi connectivity index (χ3v) is 6.01. The minimum absolute atomic E-state index is 0.508. The lowest BCUT2D eigenvalue weighted by atomic mass is 9.66. The van der Waals surface area contributed by atoms with Crippen molar-refractivity contribution in [2.75, 3.05) is 0 Å². The molecule has 137 valence electrons. The van der Waals surface area contributed by atoms with Crippen molar-refractivity contribution < 1.29 is 14.4 Å². The molecule has 1 aliphatic heterocycles. The van der Waals surface area contributed by atoms with Crippen molar-refractivity contribution in [3.8, 4) is 28.4 Å². The van der Waals surface area contributed by atoms with Gasteiger partial charge >= 0.3 is 7.69 Å². The summed E-state index contributed by atoms with van der Waals surface area (Å²) in [4.78, 5) is 0. The summed E-state index contributed by atoms with van der Waals surface area (Å²) in [5, 5.41) is 9.19. The summed E-state index contributed by atoms with van der Waals surface area (Å²) in [5.74, 6) is 2.31. The first-order valence-electron chi connectivity index (χ1n) is 9.58. The van der Waals surface area contributed by atoms with Gasteiger partial charge < -0.3 is 14.4 Å². The standard InChI is InChI=1S/C25H16BO3/c27-26-29-16-13-14-18-17-7-1-2-8-19(17)25(22(18)15-16)20-9-3-5-11-23(20)28-24-12-6-4-10-21(24)25/h1-15,27H. The predicted octanol–water partition coefficient (Wildman–Crippen LogP) is 5.06. The summed E-state index contributed by atoms with van der Waals surface area (Å²) < 4.78 is 11.6. The summed E-state index contributed by atoms with van der Waals surface area (Å²) in [5.41, 5.74) is 6.42. The van der Waals surface area contributed by atoms with Crippen molar-refractivity contribution in [3.05, 3.63) is 113 Å². The molecule has 0 saturated heterocycles. The highest BCUT2D eigenvalue weighted by molar-refractivity contribution is 6.17. The highest BCUT2D eigenvalue weighted by Gasteiger charge is 2.51. The Balaban J connectivity index is 1.80. The first kappa shape index (κ1) is 16.5. The zero-order chi connectivity index (χ0) is 19.4. The molecule has 3 nitrogen and oxygen atoms in total. The molecule has 0 bridgehead atoms. The van der Waals surface area contributed by atoms with E-state index in [0.29, 0.717) is 5.75 Å². The normalized spacial score (nSPS) is 14.2. The van der Waals surface area contributed by atoms with Crippen molar-refractivity contribution in [2.24, 2.45) is 0 Å². The van der Waals surface area contributed by atoms with Crippen LogP contribution in [-0.4, -0.2) is 12.7 Å². The Bertz CT molecular complexity index is 1220. The van der Waals surface area contributed by atoms with Gasteiger partial charge in [-0.1, -0.05) is 66.7 Å². The first-order valence-corrected chi connectivity index (χ1v) is 9.58. The summed E-state index contributed by atoms with van der Waals surface area (Å²) in [6, 6.07) is 31.0. The summed E-state index contributed by atoms with van der Waals surface area (Å²) in [6.07, 6.45) is 0. The molecule has 2 aliphatic rings. The van der Waals surface area contributed by atoms with Gasteiger partial charge in [-0.2, -0.15) is 0 Å². The fourth-order valence-electron chi connectivity index (χ4n) is 4.97. The lowest BCUT2D eigenvalue weighted by Gasteiger charge is -2.39. The van der Waals surface area contributed by atoms with Gasteiger partial charge in [0.2, 0.25) is 0 Å². The van der Waals surface area contributed by atoms with Crippen molar-refractivity contribution in [2.45, 2.75) is 5.41 Å². The van der Waals surface area contributed by atoms with Gasteiger partial charge in [0.15, 0.2) is 0 Å². The molecule has 0 saturated carbocycles. The van der Waals surface area contributed by atoms with E-state index in [1.165, 1.54) is 11.1 Å². The topological polar surface area (TPSA) is 38.7 Å². The van der Waals surface area contributed by atoms with Crippen LogP contribution >= 0.6 is 0 Å². The zero-order valence-corrected chi connectivity index (χ0v) is 15.5. The minimum atomic E-state index is -0.508. The molecule has 0 fully saturated rings. The second kappa shape index (κ2) is 6.00. The number of hydrogen-bond donors (Lipinski definition) is 1. The maximum Gasteiger partial charge on any atom is 0.569 e. The third-order valence-electron chi connectivity index (χ3n) is 6.01. The van der Waals surface area contributed by atoms with E-state index in [0.717, 1.165) is 41.4 Å². The lowest BCUT2D eigenvalue weighted by Crippen LogP contribution is -2.32. The van der Waals surface area contributed by atoms with E-state index in [9.17, 15) is 5.02 Å². The highest BCUT2D eigenvalue weighted by Crippen LogP contribution is 2.62. The maximum absolute atomic E-state index is 9.19. The quantitative estimate of drug-likeness (QED) is 0.430. The second-order valence-corrected chi connectivity index (χ2v) is 7.32. The Hall–Kier alpha value is -3.50. The molecule has 6 rings (SSSR count). The van der Waals surface area contributed by atoms with Crippen LogP contribution in [0.4, 0.5) is 0 Å². The molecule has 0 aromatic heterocycles. The van der Waals surface area contributed by atoms with Crippen molar-refractivity contribution in [3.63, 3.8) is 0 Å². The van der Waals surface area contributed by atoms with Crippen LogP contribution < -0.4 is 9.39 Å². The largest absolute Gasteiger partial charge is 0.569 e. The molecular formula is C25H16BO3. The van der Waals surface area contributed by atoms with Crippen LogP contribution in [0.5, 0.6) is 17.2 Å². The van der Waals surface area contributed by atoms with E-state index in [4.69, 9.17) is 9.39 Å². The second-order valence-electron chi connectivity index (χ2n) is 7.32. The molecule has 4 aromatic carbocycles. The van der Waals surface area contributed by atoms with Crippen LogP contribution in [0.2, 0.25) is 0 Å². The molecule has 4 heteroatoms. The molecule has 4 aromatic rings. The number of fused-ring (bicyclic) bond motifs is 9. The van der Waals surface area contributed by atoms with Crippen molar-refractivity contribution >= 4 is 7.69 Å². The molecule has 0 unspecified atom stereocenters. The molecule has 29 heavy (non-hydrogen) atoms. The zero-order valence-electron chi connectivity index (χ0n) is 15.5. The maximum atomic E-state index is 9.19. The van der Waals surface area contributed by atoms with Gasteiger partial charge in [0, 0.05) is 11.1 Å². The summed E-state index contributed by atoms with van der Waals surface area (Å²) >= 11 is 0. The van der Waals surface area contributed by atoms with Gasteiger partial charge in [0.05, 0.1) is 5.41 Å². The van der Waals surface area contributed by atoms with Gasteiger partial charge in [-0.3, -0.25) is 0 Å². The number of ether oxygens (including phenoxy) is 1. The predicted molar refractivity (Wildman–Crippen MR) is 112 cm³/mol. The van der Waals surface area contributed by atoms with Gasteiger partial charge in [-0.25, -0.2) is 0 Å². The summed E-state index contributed by atoms with van der Waals surface area (Å²) in [6.45, 7) is 0.